The Morgan fingerprint density at radius 3 is 2.44 bits per heavy atom. The summed E-state index contributed by atoms with van der Waals surface area (Å²) in [6.45, 7) is 4.09. The highest BCUT2D eigenvalue weighted by molar-refractivity contribution is 7.07. The number of ether oxygens (including phenoxy) is 4. The molecule has 1 aliphatic heterocycles. The van der Waals surface area contributed by atoms with Crippen molar-refractivity contribution in [2.24, 2.45) is 4.99 Å². The Labute approximate surface area is 241 Å². The Balaban J connectivity index is 1.63. The van der Waals surface area contributed by atoms with Gasteiger partial charge in [0, 0.05) is 5.56 Å². The molecule has 0 aliphatic carbocycles. The van der Waals surface area contributed by atoms with Crippen LogP contribution in [0.25, 0.3) is 6.08 Å². The third kappa shape index (κ3) is 5.67. The fourth-order valence-corrected chi connectivity index (χ4v) is 5.78. The second kappa shape index (κ2) is 12.3. The van der Waals surface area contributed by atoms with Crippen molar-refractivity contribution >= 4 is 23.4 Å². The van der Waals surface area contributed by atoms with Gasteiger partial charge in [-0.3, -0.25) is 9.36 Å². The van der Waals surface area contributed by atoms with Gasteiger partial charge in [-0.25, -0.2) is 9.79 Å². The summed E-state index contributed by atoms with van der Waals surface area (Å²) in [6, 6.07) is 22.0. The first kappa shape index (κ1) is 27.9. The fraction of sp³-hybridized carbons (Fsp3) is 0.219. The lowest BCUT2D eigenvalue weighted by Gasteiger charge is -2.25. The van der Waals surface area contributed by atoms with Crippen LogP contribution in [0.4, 0.5) is 0 Å². The molecule has 1 atom stereocenters. The predicted octanol–water partition coefficient (Wildman–Crippen LogP) is 4.39. The highest BCUT2D eigenvalue weighted by Gasteiger charge is 2.34. The van der Waals surface area contributed by atoms with E-state index in [1.54, 1.807) is 43.7 Å². The van der Waals surface area contributed by atoms with E-state index in [0.717, 1.165) is 11.1 Å². The molecule has 4 aromatic rings. The molecule has 0 amide bonds. The van der Waals surface area contributed by atoms with Gasteiger partial charge in [0.25, 0.3) is 5.56 Å². The lowest BCUT2D eigenvalue weighted by molar-refractivity contribution is -0.139. The van der Waals surface area contributed by atoms with E-state index in [4.69, 9.17) is 18.9 Å². The van der Waals surface area contributed by atoms with Gasteiger partial charge in [-0.1, -0.05) is 65.9 Å². The SMILES string of the molecule is CCOC(=O)C1=C(C)N=c2s/c(=C\c3ccccc3OCc3ccccc3)c(=O)n2C1c1ccc(OC)c(OC)c1. The molecule has 0 bridgehead atoms. The largest absolute Gasteiger partial charge is 0.493 e. The molecule has 9 heteroatoms. The number of rotatable bonds is 9. The second-order valence-electron chi connectivity index (χ2n) is 9.23. The number of nitrogens with zero attached hydrogens (tertiary/aromatic N) is 2. The zero-order chi connectivity index (χ0) is 28.9. The highest BCUT2D eigenvalue weighted by Crippen LogP contribution is 2.36. The first-order chi connectivity index (χ1) is 19.9. The van der Waals surface area contributed by atoms with Crippen LogP contribution in [0.3, 0.4) is 0 Å². The van der Waals surface area contributed by atoms with Crippen LogP contribution in [-0.2, 0) is 16.1 Å². The summed E-state index contributed by atoms with van der Waals surface area (Å²) in [5.74, 6) is 1.15. The number of carbonyl (C=O) groups excluding carboxylic acids is 1. The number of carbonyl (C=O) groups is 1. The topological polar surface area (TPSA) is 88.4 Å². The van der Waals surface area contributed by atoms with Crippen molar-refractivity contribution in [1.82, 2.24) is 4.57 Å². The van der Waals surface area contributed by atoms with Gasteiger partial charge in [0.15, 0.2) is 16.3 Å². The lowest BCUT2D eigenvalue weighted by Crippen LogP contribution is -2.40. The Morgan fingerprint density at radius 1 is 0.976 bits per heavy atom. The Bertz CT molecular complexity index is 1790. The van der Waals surface area contributed by atoms with Crippen molar-refractivity contribution in [1.29, 1.82) is 0 Å². The number of para-hydroxylation sites is 1. The zero-order valence-corrected chi connectivity index (χ0v) is 24.1. The van der Waals surface area contributed by atoms with Crippen molar-refractivity contribution in [2.45, 2.75) is 26.5 Å². The molecular formula is C32H30N2O6S. The van der Waals surface area contributed by atoms with E-state index in [1.165, 1.54) is 18.4 Å². The predicted molar refractivity (Wildman–Crippen MR) is 157 cm³/mol. The summed E-state index contributed by atoms with van der Waals surface area (Å²) in [5, 5.41) is 0. The van der Waals surface area contributed by atoms with E-state index in [-0.39, 0.29) is 12.2 Å². The third-order valence-corrected chi connectivity index (χ3v) is 7.67. The molecule has 1 aromatic heterocycles. The summed E-state index contributed by atoms with van der Waals surface area (Å²) >= 11 is 1.26. The van der Waals surface area contributed by atoms with E-state index < -0.39 is 12.0 Å². The fourth-order valence-electron chi connectivity index (χ4n) is 4.74. The minimum atomic E-state index is -0.767. The summed E-state index contributed by atoms with van der Waals surface area (Å²) < 4.78 is 24.4. The van der Waals surface area contributed by atoms with Gasteiger partial charge in [0.05, 0.1) is 42.7 Å². The third-order valence-electron chi connectivity index (χ3n) is 6.68. The molecule has 0 spiro atoms. The molecule has 0 N–H and O–H groups in total. The van der Waals surface area contributed by atoms with Gasteiger partial charge in [0.2, 0.25) is 0 Å². The number of fused-ring (bicyclic) bond motifs is 1. The lowest BCUT2D eigenvalue weighted by atomic mass is 9.95. The van der Waals surface area contributed by atoms with Crippen LogP contribution in [0.2, 0.25) is 0 Å². The molecule has 0 fully saturated rings. The van der Waals surface area contributed by atoms with E-state index in [1.807, 2.05) is 60.7 Å². The maximum atomic E-state index is 14.0. The normalized spacial score (nSPS) is 14.7. The summed E-state index contributed by atoms with van der Waals surface area (Å²) in [6.07, 6.45) is 1.80. The molecule has 8 nitrogen and oxygen atoms in total. The maximum Gasteiger partial charge on any atom is 0.338 e. The van der Waals surface area contributed by atoms with Crippen molar-refractivity contribution < 1.29 is 23.7 Å². The van der Waals surface area contributed by atoms with Crippen molar-refractivity contribution in [3.05, 3.63) is 120 Å². The smallest absolute Gasteiger partial charge is 0.338 e. The van der Waals surface area contributed by atoms with Crippen LogP contribution in [-0.4, -0.2) is 31.4 Å². The number of thiazole rings is 1. The summed E-state index contributed by atoms with van der Waals surface area (Å²) in [5.41, 5.74) is 2.98. The number of esters is 1. The molecule has 1 unspecified atom stereocenters. The van der Waals surface area contributed by atoms with Gasteiger partial charge in [-0.2, -0.15) is 0 Å². The van der Waals surface area contributed by atoms with E-state index in [2.05, 4.69) is 4.99 Å². The van der Waals surface area contributed by atoms with Crippen molar-refractivity contribution in [2.75, 3.05) is 20.8 Å². The number of hydrogen-bond acceptors (Lipinski definition) is 8. The standard InChI is InChI=1S/C32H30N2O6S/c1-5-39-31(36)28-20(2)33-32-34(29(28)23-15-16-25(37-3)26(17-23)38-4)30(35)27(41-32)18-22-13-9-10-14-24(22)40-19-21-11-7-6-8-12-21/h6-18,29H,5,19H2,1-4H3/b27-18-. The molecule has 0 saturated carbocycles. The van der Waals surface area contributed by atoms with Gasteiger partial charge in [0.1, 0.15) is 12.4 Å². The van der Waals surface area contributed by atoms with Gasteiger partial charge < -0.3 is 18.9 Å². The Morgan fingerprint density at radius 2 is 1.71 bits per heavy atom. The van der Waals surface area contributed by atoms with Crippen LogP contribution in [0.1, 0.15) is 36.6 Å². The van der Waals surface area contributed by atoms with Crippen LogP contribution >= 0.6 is 11.3 Å². The summed E-state index contributed by atoms with van der Waals surface area (Å²) in [7, 11) is 3.09. The molecule has 2 heterocycles. The van der Waals surface area contributed by atoms with Gasteiger partial charge in [-0.15, -0.1) is 0 Å². The number of hydrogen-bond donors (Lipinski definition) is 0. The maximum absolute atomic E-state index is 14.0. The average molecular weight is 571 g/mol. The van der Waals surface area contributed by atoms with E-state index in [0.29, 0.717) is 50.0 Å². The van der Waals surface area contributed by atoms with Crippen molar-refractivity contribution in [3.63, 3.8) is 0 Å². The minimum Gasteiger partial charge on any atom is -0.493 e. The first-order valence-corrected chi connectivity index (χ1v) is 13.9. The number of benzene rings is 3. The molecule has 210 valence electrons. The van der Waals surface area contributed by atoms with Crippen LogP contribution < -0.4 is 29.1 Å². The van der Waals surface area contributed by atoms with E-state index in [9.17, 15) is 9.59 Å². The number of methoxy groups -OCH3 is 2. The first-order valence-electron chi connectivity index (χ1n) is 13.1. The Hall–Kier alpha value is -4.63. The monoisotopic (exact) mass is 570 g/mol. The van der Waals surface area contributed by atoms with Crippen LogP contribution in [0.5, 0.6) is 17.2 Å². The van der Waals surface area contributed by atoms with Gasteiger partial charge >= 0.3 is 5.97 Å². The molecule has 0 saturated heterocycles. The highest BCUT2D eigenvalue weighted by atomic mass is 32.1. The van der Waals surface area contributed by atoms with Crippen LogP contribution in [0, 0.1) is 0 Å². The molecule has 0 radical (unpaired) electrons. The molecule has 3 aromatic carbocycles. The number of allylic oxidation sites excluding steroid dienone is 1. The molecular weight excluding hydrogens is 540 g/mol. The minimum absolute atomic E-state index is 0.193. The quantitative estimate of drug-likeness (QED) is 0.277. The van der Waals surface area contributed by atoms with E-state index >= 15 is 0 Å². The number of aromatic nitrogens is 1. The Kier molecular flexibility index (Phi) is 8.35. The summed E-state index contributed by atoms with van der Waals surface area (Å²) in [4.78, 5) is 32.3. The van der Waals surface area contributed by atoms with Crippen LogP contribution in [0.15, 0.2) is 93.9 Å². The molecule has 41 heavy (non-hydrogen) atoms. The van der Waals surface area contributed by atoms with Gasteiger partial charge in [-0.05, 0) is 49.2 Å². The van der Waals surface area contributed by atoms with Crippen molar-refractivity contribution in [3.8, 4) is 17.2 Å². The molecule has 5 rings (SSSR count). The zero-order valence-electron chi connectivity index (χ0n) is 23.2. The second-order valence-corrected chi connectivity index (χ2v) is 10.2. The molecule has 1 aliphatic rings. The average Bonchev–Trinajstić information content (AvgIpc) is 3.30.